The van der Waals surface area contributed by atoms with Gasteiger partial charge in [0.1, 0.15) is 0 Å². The minimum atomic E-state index is 0.461. The largest absolute Gasteiger partial charge is 0.259 e. The van der Waals surface area contributed by atoms with Gasteiger partial charge < -0.3 is 0 Å². The van der Waals surface area contributed by atoms with Crippen LogP contribution in [0.15, 0.2) is 16.7 Å². The molecule has 0 spiro atoms. The van der Waals surface area contributed by atoms with Gasteiger partial charge in [-0.1, -0.05) is 0 Å². The minimum absolute atomic E-state index is 0.461. The first-order valence-electron chi connectivity index (χ1n) is 2.91. The van der Waals surface area contributed by atoms with Crippen LogP contribution in [0.3, 0.4) is 0 Å². The Morgan fingerprint density at radius 1 is 1.70 bits per heavy atom. The van der Waals surface area contributed by atoms with Gasteiger partial charge >= 0.3 is 0 Å². The molecule has 3 heteroatoms. The SMILES string of the molecule is Cc1ccnc(CCl)c1Br. The van der Waals surface area contributed by atoms with Crippen molar-refractivity contribution in [1.82, 2.24) is 4.98 Å². The van der Waals surface area contributed by atoms with E-state index >= 15 is 0 Å². The van der Waals surface area contributed by atoms with E-state index in [9.17, 15) is 0 Å². The number of rotatable bonds is 1. The molecule has 0 unspecified atom stereocenters. The fourth-order valence-electron chi connectivity index (χ4n) is 0.690. The molecule has 0 aromatic carbocycles. The summed E-state index contributed by atoms with van der Waals surface area (Å²) in [4.78, 5) is 4.08. The van der Waals surface area contributed by atoms with Crippen molar-refractivity contribution < 1.29 is 0 Å². The number of hydrogen-bond acceptors (Lipinski definition) is 1. The fraction of sp³-hybridized carbons (Fsp3) is 0.286. The maximum Gasteiger partial charge on any atom is 0.0695 e. The van der Waals surface area contributed by atoms with Gasteiger partial charge in [0.05, 0.1) is 11.6 Å². The van der Waals surface area contributed by atoms with Crippen molar-refractivity contribution >= 4 is 27.5 Å². The Labute approximate surface area is 73.6 Å². The highest BCUT2D eigenvalue weighted by molar-refractivity contribution is 9.10. The molecule has 0 radical (unpaired) electrons. The lowest BCUT2D eigenvalue weighted by molar-refractivity contribution is 1.13. The molecule has 1 rings (SSSR count). The molecule has 0 aliphatic heterocycles. The van der Waals surface area contributed by atoms with Crippen LogP contribution in [0.4, 0.5) is 0 Å². The standard InChI is InChI=1S/C7H7BrClN/c1-5-2-3-10-6(4-9)7(5)8/h2-3H,4H2,1H3. The Morgan fingerprint density at radius 3 is 2.90 bits per heavy atom. The molecule has 0 saturated carbocycles. The average Bonchev–Trinajstić information content (AvgIpc) is 1.95. The van der Waals surface area contributed by atoms with Crippen molar-refractivity contribution in [2.75, 3.05) is 0 Å². The fourth-order valence-corrected chi connectivity index (χ4v) is 1.43. The van der Waals surface area contributed by atoms with Crippen molar-refractivity contribution in [3.05, 3.63) is 28.0 Å². The molecule has 0 bridgehead atoms. The number of halogens is 2. The quantitative estimate of drug-likeness (QED) is 0.663. The summed E-state index contributed by atoms with van der Waals surface area (Å²) in [5, 5.41) is 0. The Morgan fingerprint density at radius 2 is 2.40 bits per heavy atom. The maximum absolute atomic E-state index is 5.61. The van der Waals surface area contributed by atoms with Gasteiger partial charge in [-0.15, -0.1) is 11.6 Å². The number of aromatic nitrogens is 1. The van der Waals surface area contributed by atoms with Crippen LogP contribution in [0.5, 0.6) is 0 Å². The highest BCUT2D eigenvalue weighted by Gasteiger charge is 2.00. The van der Waals surface area contributed by atoms with Gasteiger partial charge in [-0.25, -0.2) is 0 Å². The zero-order valence-electron chi connectivity index (χ0n) is 5.56. The van der Waals surface area contributed by atoms with Crippen molar-refractivity contribution in [3.63, 3.8) is 0 Å². The molecule has 0 saturated heterocycles. The van der Waals surface area contributed by atoms with E-state index in [2.05, 4.69) is 20.9 Å². The van der Waals surface area contributed by atoms with Crippen LogP contribution >= 0.6 is 27.5 Å². The molecule has 10 heavy (non-hydrogen) atoms. The van der Waals surface area contributed by atoms with E-state index in [0.717, 1.165) is 10.2 Å². The lowest BCUT2D eigenvalue weighted by Gasteiger charge is -2.00. The van der Waals surface area contributed by atoms with Crippen molar-refractivity contribution in [2.24, 2.45) is 0 Å². The molecular formula is C7H7BrClN. The smallest absolute Gasteiger partial charge is 0.0695 e. The molecule has 0 N–H and O–H groups in total. The molecule has 1 aromatic rings. The van der Waals surface area contributed by atoms with Crippen LogP contribution < -0.4 is 0 Å². The maximum atomic E-state index is 5.61. The van der Waals surface area contributed by atoms with Crippen molar-refractivity contribution in [3.8, 4) is 0 Å². The molecule has 1 heterocycles. The number of aryl methyl sites for hydroxylation is 1. The molecule has 0 atom stereocenters. The monoisotopic (exact) mass is 219 g/mol. The Bertz CT molecular complexity index is 237. The van der Waals surface area contributed by atoms with Crippen molar-refractivity contribution in [1.29, 1.82) is 0 Å². The molecule has 1 nitrogen and oxygen atoms in total. The zero-order valence-corrected chi connectivity index (χ0v) is 7.91. The van der Waals surface area contributed by atoms with Gasteiger partial charge in [0.2, 0.25) is 0 Å². The number of pyridine rings is 1. The van der Waals surface area contributed by atoms with Gasteiger partial charge in [0.15, 0.2) is 0 Å². The van der Waals surface area contributed by atoms with E-state index in [-0.39, 0.29) is 0 Å². The van der Waals surface area contributed by atoms with Crippen LogP contribution in [0.1, 0.15) is 11.3 Å². The van der Waals surface area contributed by atoms with Crippen LogP contribution in [-0.4, -0.2) is 4.98 Å². The molecule has 0 fully saturated rings. The first kappa shape index (κ1) is 8.02. The second-order valence-electron chi connectivity index (χ2n) is 2.02. The summed E-state index contributed by atoms with van der Waals surface area (Å²) in [7, 11) is 0. The summed E-state index contributed by atoms with van der Waals surface area (Å²) in [6.07, 6.45) is 1.76. The molecule has 0 aliphatic carbocycles. The molecule has 1 aromatic heterocycles. The second-order valence-corrected chi connectivity index (χ2v) is 3.08. The van der Waals surface area contributed by atoms with Crippen LogP contribution in [0.25, 0.3) is 0 Å². The Hall–Kier alpha value is -0.0800. The summed E-state index contributed by atoms with van der Waals surface area (Å²) in [5.74, 6) is 0.461. The minimum Gasteiger partial charge on any atom is -0.259 e. The molecule has 54 valence electrons. The molecule has 0 amide bonds. The van der Waals surface area contributed by atoms with Gasteiger partial charge in [-0.3, -0.25) is 4.98 Å². The Balaban J connectivity index is 3.14. The first-order valence-corrected chi connectivity index (χ1v) is 4.24. The third-order valence-corrected chi connectivity index (χ3v) is 2.62. The van der Waals surface area contributed by atoms with Gasteiger partial charge in [-0.2, -0.15) is 0 Å². The second kappa shape index (κ2) is 3.35. The lowest BCUT2D eigenvalue weighted by atomic mass is 10.2. The summed E-state index contributed by atoms with van der Waals surface area (Å²) >= 11 is 9.01. The third-order valence-electron chi connectivity index (χ3n) is 1.28. The highest BCUT2D eigenvalue weighted by atomic mass is 79.9. The molecule has 0 aliphatic rings. The van der Waals surface area contributed by atoms with E-state index in [4.69, 9.17) is 11.6 Å². The van der Waals surface area contributed by atoms with Crippen LogP contribution in [-0.2, 0) is 5.88 Å². The summed E-state index contributed by atoms with van der Waals surface area (Å²) < 4.78 is 1.02. The summed E-state index contributed by atoms with van der Waals surface area (Å²) in [5.41, 5.74) is 2.08. The van der Waals surface area contributed by atoms with Gasteiger partial charge in [0.25, 0.3) is 0 Å². The summed E-state index contributed by atoms with van der Waals surface area (Å²) in [6.45, 7) is 2.02. The topological polar surface area (TPSA) is 12.9 Å². The number of nitrogens with zero attached hydrogens (tertiary/aromatic N) is 1. The van der Waals surface area contributed by atoms with Gasteiger partial charge in [-0.05, 0) is 34.5 Å². The predicted octanol–water partition coefficient (Wildman–Crippen LogP) is 2.89. The zero-order chi connectivity index (χ0) is 7.56. The van der Waals surface area contributed by atoms with Gasteiger partial charge in [0, 0.05) is 10.7 Å². The average molecular weight is 220 g/mol. The van der Waals surface area contributed by atoms with E-state index in [1.54, 1.807) is 6.20 Å². The predicted molar refractivity (Wildman–Crippen MR) is 46.2 cm³/mol. The first-order chi connectivity index (χ1) is 4.75. The van der Waals surface area contributed by atoms with E-state index in [1.165, 1.54) is 5.56 Å². The lowest BCUT2D eigenvalue weighted by Crippen LogP contribution is -1.88. The number of alkyl halides is 1. The van der Waals surface area contributed by atoms with Crippen LogP contribution in [0.2, 0.25) is 0 Å². The third kappa shape index (κ3) is 1.50. The number of hydrogen-bond donors (Lipinski definition) is 0. The summed E-state index contributed by atoms with van der Waals surface area (Å²) in [6, 6.07) is 1.94. The van der Waals surface area contributed by atoms with Crippen molar-refractivity contribution in [2.45, 2.75) is 12.8 Å². The van der Waals surface area contributed by atoms with E-state index in [1.807, 2.05) is 13.0 Å². The van der Waals surface area contributed by atoms with E-state index < -0.39 is 0 Å². The Kier molecular flexibility index (Phi) is 2.69. The van der Waals surface area contributed by atoms with Crippen LogP contribution in [0, 0.1) is 6.92 Å². The molecular weight excluding hydrogens is 213 g/mol. The van der Waals surface area contributed by atoms with E-state index in [0.29, 0.717) is 5.88 Å². The normalized spacial score (nSPS) is 9.90. The highest BCUT2D eigenvalue weighted by Crippen LogP contribution is 2.19.